The van der Waals surface area contributed by atoms with Gasteiger partial charge in [-0.3, -0.25) is 9.20 Å². The zero-order valence-corrected chi connectivity index (χ0v) is 19.4. The summed E-state index contributed by atoms with van der Waals surface area (Å²) < 4.78 is 3.22. The maximum atomic E-state index is 13.4. The molecule has 0 spiro atoms. The van der Waals surface area contributed by atoms with Gasteiger partial charge >= 0.3 is 0 Å². The number of aromatic nitrogens is 5. The number of fused-ring (bicyclic) bond motifs is 3. The van der Waals surface area contributed by atoms with Crippen molar-refractivity contribution in [2.45, 2.75) is 18.9 Å². The average Bonchev–Trinajstić information content (AvgIpc) is 3.36. The lowest BCUT2D eigenvalue weighted by Crippen LogP contribution is -2.35. The number of aliphatic hydroxyl groups excluding tert-OH is 1. The molecule has 1 fully saturated rings. The van der Waals surface area contributed by atoms with Crippen molar-refractivity contribution in [2.75, 3.05) is 23.3 Å². The number of aliphatic hydroxyl groups is 1. The Morgan fingerprint density at radius 1 is 1.03 bits per heavy atom. The van der Waals surface area contributed by atoms with Crippen molar-refractivity contribution in [3.8, 4) is 5.69 Å². The molecule has 1 aliphatic rings. The molecule has 6 rings (SSSR count). The monoisotopic (exact) mass is 487 g/mol. The lowest BCUT2D eigenvalue weighted by Gasteiger charge is -2.31. The average molecular weight is 488 g/mol. The number of imidazole rings is 1. The van der Waals surface area contributed by atoms with E-state index in [1.54, 1.807) is 28.9 Å². The fraction of sp³-hybridized carbons (Fsp3) is 0.200. The SMILES string of the molecule is O=c1c2cnc(Nc3ccc(N4CCC(O)CC4)cc3)nc2n2ccnc2n1-c1ccccc1Cl. The number of nitrogens with zero attached hydrogens (tertiary/aromatic N) is 6. The third kappa shape index (κ3) is 3.88. The van der Waals surface area contributed by atoms with Crippen LogP contribution in [-0.2, 0) is 0 Å². The predicted molar refractivity (Wildman–Crippen MR) is 136 cm³/mol. The highest BCUT2D eigenvalue weighted by molar-refractivity contribution is 6.32. The van der Waals surface area contributed by atoms with Crippen molar-refractivity contribution >= 4 is 45.7 Å². The number of rotatable bonds is 4. The Balaban J connectivity index is 1.35. The third-order valence-electron chi connectivity index (χ3n) is 6.30. The molecule has 0 saturated carbocycles. The number of nitrogens with one attached hydrogen (secondary N) is 1. The molecule has 0 amide bonds. The molecule has 176 valence electrons. The Morgan fingerprint density at radius 3 is 2.57 bits per heavy atom. The standard InChI is InChI=1S/C25H22ClN7O2/c26-20-3-1-2-4-21(20)33-23(35)19-15-28-24(30-22(19)32-14-11-27-25(32)33)29-16-5-7-17(8-6-16)31-12-9-18(34)10-13-31/h1-8,11,14-15,18,34H,9-10,12-13H2,(H,28,29,30). The summed E-state index contributed by atoms with van der Waals surface area (Å²) in [5, 5.41) is 13.7. The molecule has 10 heteroatoms. The molecule has 0 bridgehead atoms. The zero-order chi connectivity index (χ0) is 23.9. The highest BCUT2D eigenvalue weighted by Gasteiger charge is 2.18. The molecule has 9 nitrogen and oxygen atoms in total. The van der Waals surface area contributed by atoms with Gasteiger partial charge in [0.2, 0.25) is 11.7 Å². The summed E-state index contributed by atoms with van der Waals surface area (Å²) in [4.78, 5) is 29.1. The van der Waals surface area contributed by atoms with Gasteiger partial charge in [-0.05, 0) is 49.2 Å². The van der Waals surface area contributed by atoms with Gasteiger partial charge in [0.05, 0.1) is 16.8 Å². The van der Waals surface area contributed by atoms with E-state index in [1.165, 1.54) is 10.8 Å². The fourth-order valence-electron chi connectivity index (χ4n) is 4.46. The Kier molecular flexibility index (Phi) is 5.35. The number of anilines is 3. The van der Waals surface area contributed by atoms with Gasteiger partial charge in [0.1, 0.15) is 5.39 Å². The molecule has 4 heterocycles. The van der Waals surface area contributed by atoms with E-state index in [4.69, 9.17) is 11.6 Å². The highest BCUT2D eigenvalue weighted by atomic mass is 35.5. The second-order valence-electron chi connectivity index (χ2n) is 8.51. The first kappa shape index (κ1) is 21.6. The summed E-state index contributed by atoms with van der Waals surface area (Å²) in [6.07, 6.45) is 6.26. The van der Waals surface area contributed by atoms with Crippen LogP contribution in [0.15, 0.2) is 71.9 Å². The first-order chi connectivity index (χ1) is 17.1. The minimum absolute atomic E-state index is 0.201. The van der Waals surface area contributed by atoms with Crippen LogP contribution in [-0.4, -0.2) is 48.2 Å². The molecule has 0 unspecified atom stereocenters. The van der Waals surface area contributed by atoms with Gasteiger partial charge in [-0.15, -0.1) is 0 Å². The van der Waals surface area contributed by atoms with Crippen molar-refractivity contribution in [2.24, 2.45) is 0 Å². The molecular weight excluding hydrogens is 466 g/mol. The molecule has 2 aromatic carbocycles. The van der Waals surface area contributed by atoms with Gasteiger partial charge < -0.3 is 15.3 Å². The normalized spacial score (nSPS) is 14.6. The van der Waals surface area contributed by atoms with E-state index < -0.39 is 0 Å². The molecule has 5 aromatic rings. The number of para-hydroxylation sites is 1. The fourth-order valence-corrected chi connectivity index (χ4v) is 4.68. The minimum Gasteiger partial charge on any atom is -0.393 e. The molecule has 0 aliphatic carbocycles. The summed E-state index contributed by atoms with van der Waals surface area (Å²) in [5.74, 6) is 0.785. The molecular formula is C25H22ClN7O2. The van der Waals surface area contributed by atoms with Crippen molar-refractivity contribution in [3.05, 3.63) is 82.5 Å². The first-order valence-electron chi connectivity index (χ1n) is 11.4. The van der Waals surface area contributed by atoms with Gasteiger partial charge in [-0.2, -0.15) is 4.98 Å². The minimum atomic E-state index is -0.297. The van der Waals surface area contributed by atoms with Gasteiger partial charge in [0.15, 0.2) is 5.65 Å². The Morgan fingerprint density at radius 2 is 1.80 bits per heavy atom. The van der Waals surface area contributed by atoms with Crippen molar-refractivity contribution in [1.82, 2.24) is 23.9 Å². The van der Waals surface area contributed by atoms with Crippen LogP contribution >= 0.6 is 11.6 Å². The van der Waals surface area contributed by atoms with E-state index in [1.807, 2.05) is 36.4 Å². The van der Waals surface area contributed by atoms with E-state index in [0.29, 0.717) is 33.5 Å². The third-order valence-corrected chi connectivity index (χ3v) is 6.62. The van der Waals surface area contributed by atoms with Crippen LogP contribution in [0.5, 0.6) is 0 Å². The maximum Gasteiger partial charge on any atom is 0.270 e. The first-order valence-corrected chi connectivity index (χ1v) is 11.8. The van der Waals surface area contributed by atoms with Crippen LogP contribution in [0.4, 0.5) is 17.3 Å². The van der Waals surface area contributed by atoms with Crippen molar-refractivity contribution in [1.29, 1.82) is 0 Å². The van der Waals surface area contributed by atoms with E-state index in [2.05, 4.69) is 25.2 Å². The smallest absolute Gasteiger partial charge is 0.270 e. The Hall–Kier alpha value is -3.95. The van der Waals surface area contributed by atoms with Gasteiger partial charge in [0.25, 0.3) is 5.56 Å². The summed E-state index contributed by atoms with van der Waals surface area (Å²) in [6, 6.07) is 15.2. The molecule has 0 radical (unpaired) electrons. The van der Waals surface area contributed by atoms with Crippen LogP contribution in [0.2, 0.25) is 5.02 Å². The van der Waals surface area contributed by atoms with Crippen LogP contribution < -0.4 is 15.8 Å². The van der Waals surface area contributed by atoms with Crippen LogP contribution in [0, 0.1) is 0 Å². The molecule has 1 saturated heterocycles. The van der Waals surface area contributed by atoms with Crippen molar-refractivity contribution < 1.29 is 5.11 Å². The second-order valence-corrected chi connectivity index (χ2v) is 8.92. The predicted octanol–water partition coefficient (Wildman–Crippen LogP) is 3.79. The van der Waals surface area contributed by atoms with Gasteiger partial charge in [-0.25, -0.2) is 14.5 Å². The van der Waals surface area contributed by atoms with E-state index in [9.17, 15) is 9.90 Å². The van der Waals surface area contributed by atoms with E-state index in [0.717, 1.165) is 37.3 Å². The second kappa shape index (κ2) is 8.68. The number of benzene rings is 2. The van der Waals surface area contributed by atoms with Crippen LogP contribution in [0.25, 0.3) is 22.5 Å². The number of halogens is 1. The van der Waals surface area contributed by atoms with E-state index in [-0.39, 0.29) is 11.7 Å². The zero-order valence-electron chi connectivity index (χ0n) is 18.7. The van der Waals surface area contributed by atoms with Gasteiger partial charge in [0, 0.05) is 43.1 Å². The maximum absolute atomic E-state index is 13.4. The summed E-state index contributed by atoms with van der Waals surface area (Å²) >= 11 is 6.38. The summed E-state index contributed by atoms with van der Waals surface area (Å²) in [5.41, 5.74) is 2.64. The Bertz CT molecular complexity index is 1590. The number of hydrogen-bond acceptors (Lipinski definition) is 7. The summed E-state index contributed by atoms with van der Waals surface area (Å²) in [7, 11) is 0. The van der Waals surface area contributed by atoms with Gasteiger partial charge in [-0.1, -0.05) is 23.7 Å². The molecule has 0 atom stereocenters. The summed E-state index contributed by atoms with van der Waals surface area (Å²) in [6.45, 7) is 1.68. The van der Waals surface area contributed by atoms with E-state index >= 15 is 0 Å². The molecule has 3 aromatic heterocycles. The van der Waals surface area contributed by atoms with Crippen LogP contribution in [0.3, 0.4) is 0 Å². The van der Waals surface area contributed by atoms with Crippen LogP contribution in [0.1, 0.15) is 12.8 Å². The Labute approximate surface area is 205 Å². The molecule has 35 heavy (non-hydrogen) atoms. The van der Waals surface area contributed by atoms with Crippen molar-refractivity contribution in [3.63, 3.8) is 0 Å². The lowest BCUT2D eigenvalue weighted by molar-refractivity contribution is 0.145. The quantitative estimate of drug-likeness (QED) is 0.398. The lowest BCUT2D eigenvalue weighted by atomic mass is 10.1. The molecule has 1 aliphatic heterocycles. The number of piperidine rings is 1. The topological polar surface area (TPSA) is 101 Å². The molecule has 2 N–H and O–H groups in total. The largest absolute Gasteiger partial charge is 0.393 e. The number of hydrogen-bond donors (Lipinski definition) is 2. The highest BCUT2D eigenvalue weighted by Crippen LogP contribution is 2.25.